The van der Waals surface area contributed by atoms with Gasteiger partial charge in [0.25, 0.3) is 5.91 Å². The van der Waals surface area contributed by atoms with E-state index in [1.807, 2.05) is 43.3 Å². The molecule has 8 nitrogen and oxygen atoms in total. The fourth-order valence-corrected chi connectivity index (χ4v) is 2.61. The minimum atomic E-state index is -0.376. The average molecular weight is 390 g/mol. The Bertz CT molecular complexity index is 1020. The molecule has 0 aliphatic rings. The summed E-state index contributed by atoms with van der Waals surface area (Å²) in [6, 6.07) is 16.3. The summed E-state index contributed by atoms with van der Waals surface area (Å²) in [5, 5.41) is 8.61. The van der Waals surface area contributed by atoms with Crippen molar-refractivity contribution in [3.05, 3.63) is 66.6 Å². The largest absolute Gasteiger partial charge is 0.378 e. The summed E-state index contributed by atoms with van der Waals surface area (Å²) in [5.74, 6) is -0.0493. The first kappa shape index (κ1) is 19.8. The Hall–Kier alpha value is -3.94. The monoisotopic (exact) mass is 390 g/mol. The van der Waals surface area contributed by atoms with Crippen molar-refractivity contribution in [3.8, 4) is 0 Å². The Labute approximate surface area is 169 Å². The van der Waals surface area contributed by atoms with Crippen molar-refractivity contribution in [3.63, 3.8) is 0 Å². The number of carbonyl (C=O) groups excluding carboxylic acids is 2. The smallest absolute Gasteiger partial charge is 0.274 e. The molecule has 0 atom stereocenters. The molecule has 0 unspecified atom stereocenters. The maximum atomic E-state index is 12.5. The Balaban J connectivity index is 1.70. The molecule has 148 valence electrons. The molecule has 0 saturated heterocycles. The summed E-state index contributed by atoms with van der Waals surface area (Å²) in [4.78, 5) is 34.0. The first-order valence-corrected chi connectivity index (χ1v) is 8.96. The van der Waals surface area contributed by atoms with Gasteiger partial charge in [0.05, 0.1) is 0 Å². The van der Waals surface area contributed by atoms with Gasteiger partial charge in [0.15, 0.2) is 0 Å². The van der Waals surface area contributed by atoms with Gasteiger partial charge in [-0.15, -0.1) is 0 Å². The molecule has 29 heavy (non-hydrogen) atoms. The second-order valence-electron chi connectivity index (χ2n) is 6.57. The van der Waals surface area contributed by atoms with E-state index in [0.717, 1.165) is 11.4 Å². The third kappa shape index (κ3) is 5.52. The van der Waals surface area contributed by atoms with Gasteiger partial charge in [0.1, 0.15) is 17.8 Å². The lowest BCUT2D eigenvalue weighted by molar-refractivity contribution is -0.114. The molecule has 0 aliphatic heterocycles. The molecular formula is C21H22N6O2. The van der Waals surface area contributed by atoms with E-state index in [2.05, 4.69) is 25.9 Å². The van der Waals surface area contributed by atoms with Gasteiger partial charge < -0.3 is 20.9 Å². The molecule has 0 saturated carbocycles. The van der Waals surface area contributed by atoms with Crippen LogP contribution in [0.5, 0.6) is 0 Å². The third-order valence-electron chi connectivity index (χ3n) is 4.00. The zero-order valence-corrected chi connectivity index (χ0v) is 16.4. The molecule has 3 rings (SSSR count). The van der Waals surface area contributed by atoms with Gasteiger partial charge in [-0.2, -0.15) is 0 Å². The van der Waals surface area contributed by atoms with Gasteiger partial charge in [0.2, 0.25) is 5.91 Å². The number of hydrogen-bond donors (Lipinski definition) is 3. The van der Waals surface area contributed by atoms with Crippen LogP contribution < -0.4 is 20.9 Å². The lowest BCUT2D eigenvalue weighted by atomic mass is 10.2. The molecule has 0 radical (unpaired) electrons. The van der Waals surface area contributed by atoms with Gasteiger partial charge in [0, 0.05) is 49.8 Å². The molecule has 3 N–H and O–H groups in total. The summed E-state index contributed by atoms with van der Waals surface area (Å²) in [5.41, 5.74) is 3.30. The Morgan fingerprint density at radius 2 is 1.55 bits per heavy atom. The van der Waals surface area contributed by atoms with Gasteiger partial charge >= 0.3 is 0 Å². The van der Waals surface area contributed by atoms with E-state index in [4.69, 9.17) is 0 Å². The van der Waals surface area contributed by atoms with Crippen molar-refractivity contribution in [1.29, 1.82) is 0 Å². The average Bonchev–Trinajstić information content (AvgIpc) is 2.68. The van der Waals surface area contributed by atoms with Crippen LogP contribution in [0.25, 0.3) is 0 Å². The van der Waals surface area contributed by atoms with Crippen molar-refractivity contribution in [2.75, 3.05) is 34.9 Å². The summed E-state index contributed by atoms with van der Waals surface area (Å²) in [6.45, 7) is 1.43. The van der Waals surface area contributed by atoms with Crippen molar-refractivity contribution in [2.24, 2.45) is 0 Å². The zero-order chi connectivity index (χ0) is 20.8. The second kappa shape index (κ2) is 8.83. The number of amides is 2. The zero-order valence-electron chi connectivity index (χ0n) is 16.4. The van der Waals surface area contributed by atoms with E-state index in [9.17, 15) is 9.59 Å². The highest BCUT2D eigenvalue weighted by atomic mass is 16.2. The first-order chi connectivity index (χ1) is 13.9. The Kier molecular flexibility index (Phi) is 6.03. The molecule has 0 spiro atoms. The van der Waals surface area contributed by atoms with Crippen molar-refractivity contribution >= 4 is 40.4 Å². The highest BCUT2D eigenvalue weighted by Crippen LogP contribution is 2.20. The Morgan fingerprint density at radius 1 is 0.862 bits per heavy atom. The maximum Gasteiger partial charge on any atom is 0.274 e. The lowest BCUT2D eigenvalue weighted by Gasteiger charge is -2.13. The van der Waals surface area contributed by atoms with Crippen LogP contribution in [-0.2, 0) is 4.79 Å². The number of carbonyl (C=O) groups is 2. The van der Waals surface area contributed by atoms with E-state index in [1.165, 1.54) is 13.3 Å². The Morgan fingerprint density at radius 3 is 2.21 bits per heavy atom. The van der Waals surface area contributed by atoms with Crippen LogP contribution in [0.4, 0.5) is 28.6 Å². The third-order valence-corrected chi connectivity index (χ3v) is 4.00. The molecule has 0 fully saturated rings. The van der Waals surface area contributed by atoms with Crippen molar-refractivity contribution < 1.29 is 9.59 Å². The fourth-order valence-electron chi connectivity index (χ4n) is 2.61. The SMILES string of the molecule is CC(=O)Nc1cccc(NC(=O)c2cc(Nc3ccc(N(C)C)cc3)ncn2)c1. The predicted octanol–water partition coefficient (Wildman–Crippen LogP) is 3.50. The molecule has 8 heteroatoms. The summed E-state index contributed by atoms with van der Waals surface area (Å²) in [7, 11) is 3.95. The maximum absolute atomic E-state index is 12.5. The number of benzene rings is 2. The quantitative estimate of drug-likeness (QED) is 0.596. The van der Waals surface area contributed by atoms with E-state index in [1.54, 1.807) is 30.3 Å². The normalized spacial score (nSPS) is 10.2. The molecule has 2 amide bonds. The highest BCUT2D eigenvalue weighted by molar-refractivity contribution is 6.03. The van der Waals surface area contributed by atoms with Crippen molar-refractivity contribution in [1.82, 2.24) is 9.97 Å². The van der Waals surface area contributed by atoms with Crippen LogP contribution in [0.2, 0.25) is 0 Å². The van der Waals surface area contributed by atoms with E-state index < -0.39 is 0 Å². The number of aromatic nitrogens is 2. The number of hydrogen-bond acceptors (Lipinski definition) is 6. The van der Waals surface area contributed by atoms with E-state index in [-0.39, 0.29) is 17.5 Å². The van der Waals surface area contributed by atoms with Crippen LogP contribution in [0.1, 0.15) is 17.4 Å². The molecule has 0 bridgehead atoms. The van der Waals surface area contributed by atoms with Crippen LogP contribution in [-0.4, -0.2) is 35.9 Å². The summed E-state index contributed by atoms with van der Waals surface area (Å²) >= 11 is 0. The van der Waals surface area contributed by atoms with E-state index >= 15 is 0 Å². The predicted molar refractivity (Wildman–Crippen MR) is 115 cm³/mol. The summed E-state index contributed by atoms with van der Waals surface area (Å²) in [6.07, 6.45) is 1.33. The first-order valence-electron chi connectivity index (χ1n) is 8.96. The molecule has 1 aromatic heterocycles. The second-order valence-corrected chi connectivity index (χ2v) is 6.57. The number of nitrogens with zero attached hydrogens (tertiary/aromatic N) is 3. The van der Waals surface area contributed by atoms with Crippen LogP contribution >= 0.6 is 0 Å². The van der Waals surface area contributed by atoms with Crippen LogP contribution in [0.15, 0.2) is 60.9 Å². The van der Waals surface area contributed by atoms with E-state index in [0.29, 0.717) is 17.2 Å². The fraction of sp³-hybridized carbons (Fsp3) is 0.143. The highest BCUT2D eigenvalue weighted by Gasteiger charge is 2.10. The van der Waals surface area contributed by atoms with Gasteiger partial charge in [-0.25, -0.2) is 9.97 Å². The topological polar surface area (TPSA) is 99.2 Å². The van der Waals surface area contributed by atoms with Crippen LogP contribution in [0.3, 0.4) is 0 Å². The molecule has 2 aromatic carbocycles. The lowest BCUT2D eigenvalue weighted by Crippen LogP contribution is -2.14. The molecule has 1 heterocycles. The minimum Gasteiger partial charge on any atom is -0.378 e. The molecule has 0 aliphatic carbocycles. The van der Waals surface area contributed by atoms with Crippen molar-refractivity contribution in [2.45, 2.75) is 6.92 Å². The van der Waals surface area contributed by atoms with Gasteiger partial charge in [-0.3, -0.25) is 9.59 Å². The minimum absolute atomic E-state index is 0.182. The molecule has 3 aromatic rings. The number of rotatable bonds is 6. The van der Waals surface area contributed by atoms with Gasteiger partial charge in [-0.05, 0) is 42.5 Å². The standard InChI is InChI=1S/C21H22N6O2/c1-14(28)24-16-5-4-6-17(11-16)26-21(29)19-12-20(23-13-22-19)25-15-7-9-18(10-8-15)27(2)3/h4-13H,1-3H3,(H,24,28)(H,26,29)(H,22,23,25). The molecular weight excluding hydrogens is 368 g/mol. The summed E-state index contributed by atoms with van der Waals surface area (Å²) < 4.78 is 0. The number of anilines is 5. The number of nitrogens with one attached hydrogen (secondary N) is 3. The van der Waals surface area contributed by atoms with Gasteiger partial charge in [-0.1, -0.05) is 6.07 Å². The van der Waals surface area contributed by atoms with Crippen LogP contribution in [0, 0.1) is 0 Å².